The van der Waals surface area contributed by atoms with Gasteiger partial charge in [0.1, 0.15) is 5.58 Å². The van der Waals surface area contributed by atoms with E-state index >= 15 is 0 Å². The van der Waals surface area contributed by atoms with E-state index in [4.69, 9.17) is 16.0 Å². The molecule has 1 amide bonds. The average molecular weight is 394 g/mol. The van der Waals surface area contributed by atoms with Crippen LogP contribution in [-0.2, 0) is 13.1 Å². The molecular weight excluding hydrogens is 374 g/mol. The number of hydrogen-bond acceptors (Lipinski definition) is 3. The van der Waals surface area contributed by atoms with Gasteiger partial charge in [-0.15, -0.1) is 0 Å². The zero-order chi connectivity index (χ0) is 19.7. The summed E-state index contributed by atoms with van der Waals surface area (Å²) in [7, 11) is 1.76. The summed E-state index contributed by atoms with van der Waals surface area (Å²) < 4.78 is 7.66. The van der Waals surface area contributed by atoms with E-state index < -0.39 is 0 Å². The highest BCUT2D eigenvalue weighted by Crippen LogP contribution is 2.28. The molecule has 0 spiro atoms. The lowest BCUT2D eigenvalue weighted by Crippen LogP contribution is -2.26. The fraction of sp³-hybridized carbons (Fsp3) is 0.182. The molecule has 0 aliphatic carbocycles. The van der Waals surface area contributed by atoms with Crippen LogP contribution in [-0.4, -0.2) is 27.6 Å². The first-order valence-electron chi connectivity index (χ1n) is 9.00. The molecule has 0 atom stereocenters. The summed E-state index contributed by atoms with van der Waals surface area (Å²) in [4.78, 5) is 14.5. The van der Waals surface area contributed by atoms with E-state index in [9.17, 15) is 4.79 Å². The number of carbonyl (C=O) groups excluding carboxylic acids is 1. The van der Waals surface area contributed by atoms with E-state index in [2.05, 4.69) is 17.2 Å². The molecule has 2 aromatic carbocycles. The molecule has 0 aliphatic heterocycles. The van der Waals surface area contributed by atoms with Crippen LogP contribution in [0.3, 0.4) is 0 Å². The Bertz CT molecular complexity index is 1130. The fourth-order valence-corrected chi connectivity index (χ4v) is 3.43. The first-order valence-corrected chi connectivity index (χ1v) is 9.38. The van der Waals surface area contributed by atoms with E-state index in [0.717, 1.165) is 16.5 Å². The molecule has 6 heteroatoms. The van der Waals surface area contributed by atoms with Gasteiger partial charge >= 0.3 is 0 Å². The van der Waals surface area contributed by atoms with Gasteiger partial charge in [0, 0.05) is 41.3 Å². The van der Waals surface area contributed by atoms with Crippen molar-refractivity contribution in [3.8, 4) is 0 Å². The van der Waals surface area contributed by atoms with E-state index in [1.807, 2.05) is 42.1 Å². The van der Waals surface area contributed by atoms with Crippen LogP contribution >= 0.6 is 11.6 Å². The third kappa shape index (κ3) is 3.66. The molecule has 0 fully saturated rings. The Kier molecular flexibility index (Phi) is 4.92. The number of aromatic nitrogens is 2. The molecule has 0 unspecified atom stereocenters. The van der Waals surface area contributed by atoms with Crippen LogP contribution in [0, 0.1) is 6.92 Å². The summed E-state index contributed by atoms with van der Waals surface area (Å²) >= 11 is 6.06. The second-order valence-corrected chi connectivity index (χ2v) is 7.33. The fourth-order valence-electron chi connectivity index (χ4n) is 3.26. The molecule has 0 radical (unpaired) electrons. The van der Waals surface area contributed by atoms with Crippen molar-refractivity contribution in [3.63, 3.8) is 0 Å². The van der Waals surface area contributed by atoms with E-state index in [1.165, 1.54) is 5.56 Å². The Labute approximate surface area is 168 Å². The molecule has 2 heterocycles. The maximum absolute atomic E-state index is 12.9. The van der Waals surface area contributed by atoms with Crippen molar-refractivity contribution in [2.75, 3.05) is 7.05 Å². The van der Waals surface area contributed by atoms with Gasteiger partial charge in [0.15, 0.2) is 5.76 Å². The summed E-state index contributed by atoms with van der Waals surface area (Å²) in [6.07, 6.45) is 3.75. The summed E-state index contributed by atoms with van der Waals surface area (Å²) in [6, 6.07) is 15.5. The second kappa shape index (κ2) is 7.52. The smallest absolute Gasteiger partial charge is 0.289 e. The molecule has 0 saturated carbocycles. The SMILES string of the molecule is Cc1c(C(=O)N(C)Cc2cnn(Cc3ccccc3)c2)oc2ccc(Cl)cc12. The third-order valence-corrected chi connectivity index (χ3v) is 4.97. The number of aryl methyl sites for hydroxylation is 1. The largest absolute Gasteiger partial charge is 0.451 e. The summed E-state index contributed by atoms with van der Waals surface area (Å²) in [5.74, 6) is 0.178. The molecule has 4 aromatic rings. The average Bonchev–Trinajstić information content (AvgIpc) is 3.26. The highest BCUT2D eigenvalue weighted by Gasteiger charge is 2.21. The number of halogens is 1. The summed E-state index contributed by atoms with van der Waals surface area (Å²) in [5, 5.41) is 5.88. The number of amides is 1. The van der Waals surface area contributed by atoms with Gasteiger partial charge in [-0.1, -0.05) is 41.9 Å². The number of nitrogens with zero attached hydrogens (tertiary/aromatic N) is 3. The number of carbonyl (C=O) groups is 1. The van der Waals surface area contributed by atoms with Crippen molar-refractivity contribution < 1.29 is 9.21 Å². The monoisotopic (exact) mass is 393 g/mol. The molecule has 142 valence electrons. The Morgan fingerprint density at radius 2 is 1.96 bits per heavy atom. The van der Waals surface area contributed by atoms with Crippen LogP contribution in [0.4, 0.5) is 0 Å². The topological polar surface area (TPSA) is 51.3 Å². The number of benzene rings is 2. The van der Waals surface area contributed by atoms with Crippen LogP contribution in [0.15, 0.2) is 65.3 Å². The second-order valence-electron chi connectivity index (χ2n) is 6.89. The van der Waals surface area contributed by atoms with Gasteiger partial charge in [-0.3, -0.25) is 9.48 Å². The van der Waals surface area contributed by atoms with Crippen molar-refractivity contribution >= 4 is 28.5 Å². The van der Waals surface area contributed by atoms with Crippen LogP contribution in [0.1, 0.15) is 27.2 Å². The van der Waals surface area contributed by atoms with Gasteiger partial charge in [0.2, 0.25) is 0 Å². The van der Waals surface area contributed by atoms with E-state index in [-0.39, 0.29) is 5.91 Å². The van der Waals surface area contributed by atoms with Crippen LogP contribution in [0.5, 0.6) is 0 Å². The van der Waals surface area contributed by atoms with Crippen LogP contribution in [0.2, 0.25) is 5.02 Å². The minimum atomic E-state index is -0.166. The summed E-state index contributed by atoms with van der Waals surface area (Å²) in [5.41, 5.74) is 3.60. The first-order chi connectivity index (χ1) is 13.5. The zero-order valence-electron chi connectivity index (χ0n) is 15.7. The van der Waals surface area contributed by atoms with Crippen molar-refractivity contribution in [1.82, 2.24) is 14.7 Å². The highest BCUT2D eigenvalue weighted by atomic mass is 35.5. The molecule has 0 saturated heterocycles. The number of hydrogen-bond donors (Lipinski definition) is 0. The third-order valence-electron chi connectivity index (χ3n) is 4.73. The lowest BCUT2D eigenvalue weighted by atomic mass is 10.1. The van der Waals surface area contributed by atoms with Gasteiger partial charge in [0.25, 0.3) is 5.91 Å². The Hall–Kier alpha value is -3.05. The van der Waals surface area contributed by atoms with E-state index in [0.29, 0.717) is 29.5 Å². The van der Waals surface area contributed by atoms with E-state index in [1.54, 1.807) is 30.3 Å². The minimum absolute atomic E-state index is 0.166. The number of fused-ring (bicyclic) bond motifs is 1. The van der Waals surface area contributed by atoms with Gasteiger partial charge in [-0.25, -0.2) is 0 Å². The number of furan rings is 1. The molecule has 0 N–H and O–H groups in total. The first kappa shape index (κ1) is 18.3. The lowest BCUT2D eigenvalue weighted by molar-refractivity contribution is 0.0755. The van der Waals surface area contributed by atoms with Crippen LogP contribution < -0.4 is 0 Å². The lowest BCUT2D eigenvalue weighted by Gasteiger charge is -2.15. The summed E-state index contributed by atoms with van der Waals surface area (Å²) in [6.45, 7) is 3.02. The van der Waals surface area contributed by atoms with Crippen molar-refractivity contribution in [3.05, 3.63) is 88.4 Å². The van der Waals surface area contributed by atoms with Crippen molar-refractivity contribution in [2.45, 2.75) is 20.0 Å². The standard InChI is InChI=1S/C22H20ClN3O2/c1-15-19-10-18(23)8-9-20(19)28-21(15)22(27)25(2)12-17-11-24-26(14-17)13-16-6-4-3-5-7-16/h3-11,14H,12-13H2,1-2H3. The molecule has 0 bridgehead atoms. The van der Waals surface area contributed by atoms with Crippen molar-refractivity contribution in [2.24, 2.45) is 0 Å². The van der Waals surface area contributed by atoms with Crippen LogP contribution in [0.25, 0.3) is 11.0 Å². The highest BCUT2D eigenvalue weighted by molar-refractivity contribution is 6.31. The predicted octanol–water partition coefficient (Wildman–Crippen LogP) is 4.91. The maximum atomic E-state index is 12.9. The minimum Gasteiger partial charge on any atom is -0.451 e. The van der Waals surface area contributed by atoms with Crippen molar-refractivity contribution in [1.29, 1.82) is 0 Å². The maximum Gasteiger partial charge on any atom is 0.289 e. The molecule has 2 aromatic heterocycles. The van der Waals surface area contributed by atoms with Gasteiger partial charge in [-0.2, -0.15) is 5.10 Å². The molecule has 4 rings (SSSR count). The zero-order valence-corrected chi connectivity index (χ0v) is 16.5. The van der Waals surface area contributed by atoms with Gasteiger partial charge in [-0.05, 0) is 30.7 Å². The number of rotatable bonds is 5. The molecule has 28 heavy (non-hydrogen) atoms. The molecule has 5 nitrogen and oxygen atoms in total. The Morgan fingerprint density at radius 3 is 2.75 bits per heavy atom. The predicted molar refractivity (Wildman–Crippen MR) is 110 cm³/mol. The Morgan fingerprint density at radius 1 is 1.18 bits per heavy atom. The van der Waals surface area contributed by atoms with Gasteiger partial charge in [0.05, 0.1) is 12.7 Å². The quantitative estimate of drug-likeness (QED) is 0.484. The molecule has 0 aliphatic rings. The molecular formula is C22H20ClN3O2. The normalized spacial score (nSPS) is 11.1. The van der Waals surface area contributed by atoms with Gasteiger partial charge < -0.3 is 9.32 Å². The Balaban J connectivity index is 1.49.